The van der Waals surface area contributed by atoms with Gasteiger partial charge in [-0.05, 0) is 80.6 Å². The molecule has 0 saturated carbocycles. The van der Waals surface area contributed by atoms with Crippen LogP contribution in [0.25, 0.3) is 0 Å². The quantitative estimate of drug-likeness (QED) is 0.136. The van der Waals surface area contributed by atoms with Gasteiger partial charge in [0.15, 0.2) is 0 Å². The van der Waals surface area contributed by atoms with E-state index in [4.69, 9.17) is 19.9 Å². The maximum Gasteiger partial charge on any atom is 0.316 e. The van der Waals surface area contributed by atoms with Crippen molar-refractivity contribution in [2.75, 3.05) is 25.6 Å². The molecule has 0 spiro atoms. The van der Waals surface area contributed by atoms with Crippen molar-refractivity contribution in [3.05, 3.63) is 93.4 Å². The van der Waals surface area contributed by atoms with E-state index in [1.165, 1.54) is 0 Å². The maximum atomic E-state index is 13.3. The van der Waals surface area contributed by atoms with Gasteiger partial charge in [0.2, 0.25) is 5.91 Å². The Morgan fingerprint density at radius 1 is 0.978 bits per heavy atom. The molecule has 0 aliphatic carbocycles. The second-order valence-corrected chi connectivity index (χ2v) is 19.3. The topological polar surface area (TPSA) is 122 Å². The van der Waals surface area contributed by atoms with Crippen molar-refractivity contribution in [2.45, 2.75) is 83.9 Å². The normalized spacial score (nSPS) is 13.2. The highest BCUT2D eigenvalue weighted by Crippen LogP contribution is 2.23. The van der Waals surface area contributed by atoms with Gasteiger partial charge >= 0.3 is 5.97 Å². The van der Waals surface area contributed by atoms with Gasteiger partial charge in [0, 0.05) is 20.9 Å². The lowest BCUT2D eigenvalue weighted by Gasteiger charge is -2.25. The highest BCUT2D eigenvalue weighted by molar-refractivity contribution is 6.76. The number of pyridine rings is 1. The molecule has 244 valence electrons. The summed E-state index contributed by atoms with van der Waals surface area (Å²) in [5.74, 6) is -0.631. The molecule has 1 heterocycles. The molecule has 9 nitrogen and oxygen atoms in total. The monoisotopic (exact) mass is 635 g/mol. The molecular weight excluding hydrogens is 586 g/mol. The fourth-order valence-corrected chi connectivity index (χ4v) is 5.33. The Bertz CT molecular complexity index is 1490. The molecule has 45 heavy (non-hydrogen) atoms. The van der Waals surface area contributed by atoms with Crippen LogP contribution in [-0.2, 0) is 32.0 Å². The molecular formula is C35H49N3O6Si. The number of carbonyl (C=O) groups excluding carboxylic acids is 2. The number of esters is 1. The molecule has 3 rings (SSSR count). The summed E-state index contributed by atoms with van der Waals surface area (Å²) in [6.45, 7) is 15.3. The zero-order valence-electron chi connectivity index (χ0n) is 27.9. The smallest absolute Gasteiger partial charge is 0.316 e. The zero-order chi connectivity index (χ0) is 33.4. The van der Waals surface area contributed by atoms with E-state index in [-0.39, 0.29) is 30.2 Å². The Kier molecular flexibility index (Phi) is 12.3. The van der Waals surface area contributed by atoms with E-state index < -0.39 is 31.5 Å². The Morgan fingerprint density at radius 3 is 2.18 bits per heavy atom. The predicted molar refractivity (Wildman–Crippen MR) is 182 cm³/mol. The standard InChI is InChI=1S/C35H49N3O6Si/c1-24-17-18-38(22-26-11-15-28(42-5)16-12-26)33(40)31(24)37-32(39)30(36)21-25-9-13-27(14-10-25)29(34(41)44-35(2,3)4)23-43-19-20-45(6,7)8/h9-18,29-30H,19-23,36H2,1-8H3,(H,37,39). The van der Waals surface area contributed by atoms with E-state index in [9.17, 15) is 14.4 Å². The number of aryl methyl sites for hydroxylation is 1. The largest absolute Gasteiger partial charge is 0.497 e. The number of rotatable bonds is 14. The van der Waals surface area contributed by atoms with Gasteiger partial charge in [0.25, 0.3) is 5.56 Å². The fourth-order valence-electron chi connectivity index (χ4n) is 4.57. The summed E-state index contributed by atoms with van der Waals surface area (Å²) in [6.07, 6.45) is 1.96. The van der Waals surface area contributed by atoms with Crippen LogP contribution >= 0.6 is 0 Å². The number of nitrogens with one attached hydrogen (secondary N) is 1. The fraction of sp³-hybridized carbons (Fsp3) is 0.457. The van der Waals surface area contributed by atoms with Gasteiger partial charge in [0.1, 0.15) is 23.0 Å². The molecule has 0 saturated heterocycles. The van der Waals surface area contributed by atoms with Crippen LogP contribution in [0, 0.1) is 6.92 Å². The minimum atomic E-state index is -1.27. The number of amides is 1. The predicted octanol–water partition coefficient (Wildman–Crippen LogP) is 5.50. The first-order chi connectivity index (χ1) is 21.1. The van der Waals surface area contributed by atoms with Gasteiger partial charge in [0.05, 0.1) is 26.3 Å². The molecule has 0 aliphatic heterocycles. The Hall–Kier alpha value is -3.73. The highest BCUT2D eigenvalue weighted by atomic mass is 28.3. The Labute approximate surface area is 268 Å². The van der Waals surface area contributed by atoms with E-state index >= 15 is 0 Å². The van der Waals surface area contributed by atoms with E-state index in [0.717, 1.165) is 28.5 Å². The van der Waals surface area contributed by atoms with Crippen LogP contribution in [0.5, 0.6) is 5.75 Å². The van der Waals surface area contributed by atoms with E-state index in [0.29, 0.717) is 18.7 Å². The summed E-state index contributed by atoms with van der Waals surface area (Å²) >= 11 is 0. The minimum Gasteiger partial charge on any atom is -0.497 e. The van der Waals surface area contributed by atoms with Crippen molar-refractivity contribution in [1.82, 2.24) is 4.57 Å². The summed E-state index contributed by atoms with van der Waals surface area (Å²) in [6, 6.07) is 16.8. The molecule has 3 N–H and O–H groups in total. The molecule has 3 aromatic rings. The number of aromatic nitrogens is 1. The SMILES string of the molecule is COc1ccc(Cn2ccc(C)c(NC(=O)C(N)Cc3ccc(C(COCC[Si](C)(C)C)C(=O)OC(C)(C)C)cc3)c2=O)cc1. The number of ether oxygens (including phenoxy) is 3. The number of benzene rings is 2. The van der Waals surface area contributed by atoms with Crippen LogP contribution in [0.15, 0.2) is 65.6 Å². The molecule has 2 aromatic carbocycles. The van der Waals surface area contributed by atoms with Crippen molar-refractivity contribution >= 4 is 25.6 Å². The molecule has 0 bridgehead atoms. The number of hydrogen-bond acceptors (Lipinski definition) is 7. The second kappa shape index (κ2) is 15.5. The average molecular weight is 636 g/mol. The first kappa shape index (κ1) is 35.7. The number of nitrogens with zero attached hydrogens (tertiary/aromatic N) is 1. The summed E-state index contributed by atoms with van der Waals surface area (Å²) in [7, 11) is 0.333. The van der Waals surface area contributed by atoms with E-state index in [1.54, 1.807) is 30.9 Å². The molecule has 0 fully saturated rings. The first-order valence-electron chi connectivity index (χ1n) is 15.3. The van der Waals surface area contributed by atoms with Crippen molar-refractivity contribution in [3.8, 4) is 5.75 Å². The van der Waals surface area contributed by atoms with E-state index in [1.807, 2.05) is 69.3 Å². The maximum absolute atomic E-state index is 13.3. The third-order valence-corrected chi connectivity index (χ3v) is 8.98. The summed E-state index contributed by atoms with van der Waals surface area (Å²) < 4.78 is 18.4. The summed E-state index contributed by atoms with van der Waals surface area (Å²) in [4.78, 5) is 39.4. The van der Waals surface area contributed by atoms with Crippen molar-refractivity contribution in [2.24, 2.45) is 5.73 Å². The van der Waals surface area contributed by atoms with Crippen molar-refractivity contribution in [3.63, 3.8) is 0 Å². The van der Waals surface area contributed by atoms with Gasteiger partial charge in [-0.15, -0.1) is 0 Å². The van der Waals surface area contributed by atoms with Crippen LogP contribution in [0.1, 0.15) is 48.9 Å². The number of anilines is 1. The lowest BCUT2D eigenvalue weighted by molar-refractivity contribution is -0.158. The zero-order valence-corrected chi connectivity index (χ0v) is 28.9. The number of carbonyl (C=O) groups is 2. The van der Waals surface area contributed by atoms with Crippen LogP contribution in [0.3, 0.4) is 0 Å². The van der Waals surface area contributed by atoms with Crippen LogP contribution < -0.4 is 21.3 Å². The second-order valence-electron chi connectivity index (χ2n) is 13.7. The van der Waals surface area contributed by atoms with Gasteiger partial charge < -0.3 is 29.8 Å². The first-order valence-corrected chi connectivity index (χ1v) is 19.1. The third kappa shape index (κ3) is 11.3. The van der Waals surface area contributed by atoms with Gasteiger partial charge in [-0.25, -0.2) is 0 Å². The molecule has 1 aromatic heterocycles. The summed E-state index contributed by atoms with van der Waals surface area (Å²) in [5.41, 5.74) is 8.74. The number of methoxy groups -OCH3 is 1. The minimum absolute atomic E-state index is 0.205. The van der Waals surface area contributed by atoms with Gasteiger partial charge in [-0.3, -0.25) is 14.4 Å². The number of nitrogens with two attached hydrogens (primary N) is 1. The third-order valence-electron chi connectivity index (χ3n) is 7.28. The lowest BCUT2D eigenvalue weighted by atomic mass is 9.96. The lowest BCUT2D eigenvalue weighted by Crippen LogP contribution is -2.39. The van der Waals surface area contributed by atoms with Crippen molar-refractivity contribution in [1.29, 1.82) is 0 Å². The van der Waals surface area contributed by atoms with Crippen LogP contribution in [0.2, 0.25) is 25.7 Å². The molecule has 10 heteroatoms. The summed E-state index contributed by atoms with van der Waals surface area (Å²) in [5, 5.41) is 2.76. The Morgan fingerprint density at radius 2 is 1.60 bits per heavy atom. The molecule has 0 radical (unpaired) electrons. The van der Waals surface area contributed by atoms with Crippen LogP contribution in [0.4, 0.5) is 5.69 Å². The average Bonchev–Trinajstić information content (AvgIpc) is 2.96. The van der Waals surface area contributed by atoms with Gasteiger partial charge in [-0.2, -0.15) is 0 Å². The van der Waals surface area contributed by atoms with Crippen LogP contribution in [-0.4, -0.2) is 56.5 Å². The van der Waals surface area contributed by atoms with Gasteiger partial charge in [-0.1, -0.05) is 56.0 Å². The number of hydrogen-bond donors (Lipinski definition) is 2. The molecule has 0 aliphatic rings. The molecule has 2 atom stereocenters. The van der Waals surface area contributed by atoms with Crippen molar-refractivity contribution < 1.29 is 23.8 Å². The molecule has 1 amide bonds. The Balaban J connectivity index is 1.68. The highest BCUT2D eigenvalue weighted by Gasteiger charge is 2.28. The molecule has 2 unspecified atom stereocenters. The van der Waals surface area contributed by atoms with E-state index in [2.05, 4.69) is 25.0 Å².